The molecule has 0 bridgehead atoms. The van der Waals surface area contributed by atoms with E-state index in [1.165, 1.54) is 25.3 Å². The first-order valence-electron chi connectivity index (χ1n) is 12.7. The first kappa shape index (κ1) is 33.4. The SMILES string of the molecule is C=C/C=C(\N=C)n1cc(C)c(C(F)(F)F)n1.C=O.CNc1ccc(-c2cnc(OCC3(C(=O)O)CCCC3)nc2)cc1. The first-order chi connectivity index (χ1) is 20.0. The largest absolute Gasteiger partial charge is 0.481 e. The molecule has 1 aliphatic carbocycles. The molecular weight excluding hydrogens is 553 g/mol. The number of ether oxygens (including phenoxy) is 1. The molecule has 1 aromatic carbocycles. The maximum Gasteiger partial charge on any atom is 0.435 e. The van der Waals surface area contributed by atoms with Crippen LogP contribution in [0.1, 0.15) is 36.9 Å². The van der Waals surface area contributed by atoms with E-state index in [1.54, 1.807) is 12.4 Å². The number of alkyl halides is 3. The summed E-state index contributed by atoms with van der Waals surface area (Å²) in [6.45, 7) is 10.1. The van der Waals surface area contributed by atoms with Gasteiger partial charge < -0.3 is 20.0 Å². The number of aliphatic imine (C=N–C) groups is 1. The molecule has 42 heavy (non-hydrogen) atoms. The van der Waals surface area contributed by atoms with Gasteiger partial charge in [-0.2, -0.15) is 18.3 Å². The van der Waals surface area contributed by atoms with Crippen molar-refractivity contribution in [2.45, 2.75) is 38.8 Å². The molecule has 1 fully saturated rings. The Morgan fingerprint density at radius 1 is 1.17 bits per heavy atom. The highest BCUT2D eigenvalue weighted by Crippen LogP contribution is 2.38. The number of aliphatic carboxylic acids is 1. The summed E-state index contributed by atoms with van der Waals surface area (Å²) in [5, 5.41) is 15.9. The van der Waals surface area contributed by atoms with Gasteiger partial charge in [0.15, 0.2) is 11.5 Å². The number of nitrogens with one attached hydrogen (secondary N) is 1. The Bertz CT molecular complexity index is 1360. The second-order valence-corrected chi connectivity index (χ2v) is 9.18. The molecule has 13 heteroatoms. The third-order valence-electron chi connectivity index (χ3n) is 6.46. The van der Waals surface area contributed by atoms with Crippen LogP contribution in [0.2, 0.25) is 0 Å². The van der Waals surface area contributed by atoms with Crippen molar-refractivity contribution in [2.75, 3.05) is 19.0 Å². The van der Waals surface area contributed by atoms with Gasteiger partial charge in [-0.3, -0.25) is 4.79 Å². The van der Waals surface area contributed by atoms with Gasteiger partial charge in [-0.15, -0.1) is 0 Å². The van der Waals surface area contributed by atoms with Gasteiger partial charge in [0.05, 0.1) is 0 Å². The lowest BCUT2D eigenvalue weighted by atomic mass is 9.87. The summed E-state index contributed by atoms with van der Waals surface area (Å²) in [4.78, 5) is 31.5. The van der Waals surface area contributed by atoms with Crippen molar-refractivity contribution in [1.29, 1.82) is 0 Å². The van der Waals surface area contributed by atoms with E-state index in [1.807, 2.05) is 38.1 Å². The van der Waals surface area contributed by atoms with Crippen LogP contribution in [0.5, 0.6) is 6.01 Å². The number of benzene rings is 1. The lowest BCUT2D eigenvalue weighted by molar-refractivity contribution is -0.150. The number of nitrogens with zero attached hydrogens (tertiary/aromatic N) is 5. The van der Waals surface area contributed by atoms with Gasteiger partial charge in [0, 0.05) is 42.5 Å². The Labute approximate surface area is 241 Å². The fourth-order valence-electron chi connectivity index (χ4n) is 4.21. The summed E-state index contributed by atoms with van der Waals surface area (Å²) in [6, 6.07) is 8.16. The smallest absolute Gasteiger partial charge is 0.435 e. The highest BCUT2D eigenvalue weighted by molar-refractivity contribution is 5.75. The summed E-state index contributed by atoms with van der Waals surface area (Å²) in [6.07, 6.45) is 6.14. The highest BCUT2D eigenvalue weighted by atomic mass is 19.4. The van der Waals surface area contributed by atoms with Gasteiger partial charge >= 0.3 is 18.2 Å². The standard InChI is InChI=1S/C18H21N3O3.C10H10F3N3.CH2O/c1-19-15-6-4-13(5-7-15)14-10-20-17(21-11-14)24-12-18(16(22)23)8-2-3-9-18;1-4-5-8(14-3)16-6-7(2)9(15-16)10(11,12)13;1-2/h4-7,10-11,19H,2-3,8-9,12H2,1H3,(H,22,23);4-6H,1,3H2,2H3;1H2/b;8-5+;. The highest BCUT2D eigenvalue weighted by Gasteiger charge is 2.42. The van der Waals surface area contributed by atoms with Crippen LogP contribution >= 0.6 is 0 Å². The topological polar surface area (TPSA) is 132 Å². The van der Waals surface area contributed by atoms with Crippen LogP contribution in [0.4, 0.5) is 18.9 Å². The molecular formula is C29H33F3N6O4. The van der Waals surface area contributed by atoms with Crippen LogP contribution < -0.4 is 10.1 Å². The van der Waals surface area contributed by atoms with E-state index in [0.717, 1.165) is 34.3 Å². The van der Waals surface area contributed by atoms with Crippen LogP contribution in [0, 0.1) is 12.3 Å². The predicted octanol–water partition coefficient (Wildman–Crippen LogP) is 5.92. The fourth-order valence-corrected chi connectivity index (χ4v) is 4.21. The molecule has 1 aliphatic rings. The Morgan fingerprint density at radius 3 is 2.21 bits per heavy atom. The average Bonchev–Trinajstić information content (AvgIpc) is 3.64. The normalized spacial score (nSPS) is 14.0. The van der Waals surface area contributed by atoms with Gasteiger partial charge in [0.1, 0.15) is 18.8 Å². The monoisotopic (exact) mass is 586 g/mol. The van der Waals surface area contributed by atoms with Gasteiger partial charge in [0.25, 0.3) is 0 Å². The molecule has 10 nitrogen and oxygen atoms in total. The summed E-state index contributed by atoms with van der Waals surface area (Å²) in [5.41, 5.74) is 1.26. The van der Waals surface area contributed by atoms with Gasteiger partial charge in [-0.1, -0.05) is 37.6 Å². The Balaban J connectivity index is 0.000000299. The number of carbonyl (C=O) groups is 2. The number of aryl methyl sites for hydroxylation is 1. The predicted molar refractivity (Wildman–Crippen MR) is 154 cm³/mol. The third-order valence-corrected chi connectivity index (χ3v) is 6.46. The second-order valence-electron chi connectivity index (χ2n) is 9.18. The number of halogens is 3. The molecule has 3 aromatic rings. The number of carboxylic acid groups (broad SMARTS) is 1. The molecule has 0 spiro atoms. The Morgan fingerprint density at radius 2 is 1.76 bits per heavy atom. The molecule has 0 saturated heterocycles. The molecule has 2 N–H and O–H groups in total. The Kier molecular flexibility index (Phi) is 12.1. The van der Waals surface area contributed by atoms with Crippen molar-refractivity contribution in [2.24, 2.45) is 10.4 Å². The number of hydrogen-bond acceptors (Lipinski definition) is 8. The van der Waals surface area contributed by atoms with Crippen molar-refractivity contribution in [3.63, 3.8) is 0 Å². The molecule has 1 saturated carbocycles. The molecule has 224 valence electrons. The molecule has 0 aliphatic heterocycles. The first-order valence-corrected chi connectivity index (χ1v) is 12.7. The fraction of sp³-hybridized carbons (Fsp3) is 0.310. The summed E-state index contributed by atoms with van der Waals surface area (Å²) >= 11 is 0. The van der Waals surface area contributed by atoms with Gasteiger partial charge in [-0.25, -0.2) is 19.6 Å². The number of anilines is 1. The quantitative estimate of drug-likeness (QED) is 0.233. The van der Waals surface area contributed by atoms with E-state index >= 15 is 0 Å². The number of carbonyl (C=O) groups excluding carboxylic acids is 1. The van der Waals surface area contributed by atoms with Crippen molar-refractivity contribution in [1.82, 2.24) is 19.7 Å². The minimum absolute atomic E-state index is 0.0334. The van der Waals surface area contributed by atoms with Crippen LogP contribution in [-0.4, -0.2) is 58.0 Å². The van der Waals surface area contributed by atoms with E-state index < -0.39 is 23.3 Å². The number of rotatable bonds is 9. The van der Waals surface area contributed by atoms with Crippen molar-refractivity contribution < 1.29 is 32.6 Å². The van der Waals surface area contributed by atoms with Crippen molar-refractivity contribution in [3.8, 4) is 17.1 Å². The van der Waals surface area contributed by atoms with Crippen LogP contribution in [0.25, 0.3) is 16.9 Å². The lowest BCUT2D eigenvalue weighted by Crippen LogP contribution is -2.34. The summed E-state index contributed by atoms with van der Waals surface area (Å²) in [7, 11) is 1.87. The zero-order chi connectivity index (χ0) is 31.3. The van der Waals surface area contributed by atoms with Crippen LogP contribution in [0.3, 0.4) is 0 Å². The molecule has 2 heterocycles. The maximum absolute atomic E-state index is 12.5. The molecule has 4 rings (SSSR count). The van der Waals surface area contributed by atoms with E-state index in [9.17, 15) is 23.1 Å². The Hall–Kier alpha value is -4.81. The molecule has 0 unspecified atom stereocenters. The summed E-state index contributed by atoms with van der Waals surface area (Å²) in [5.74, 6) is -0.602. The minimum Gasteiger partial charge on any atom is -0.481 e. The van der Waals surface area contributed by atoms with Gasteiger partial charge in [0.2, 0.25) is 0 Å². The van der Waals surface area contributed by atoms with Crippen molar-refractivity contribution in [3.05, 3.63) is 72.8 Å². The van der Waals surface area contributed by atoms with E-state index in [0.29, 0.717) is 12.8 Å². The average molecular weight is 587 g/mol. The minimum atomic E-state index is -4.46. The van der Waals surface area contributed by atoms with Crippen LogP contribution in [0.15, 0.2) is 66.6 Å². The second kappa shape index (κ2) is 15.3. The molecule has 0 radical (unpaired) electrons. The number of aromatic nitrogens is 4. The summed E-state index contributed by atoms with van der Waals surface area (Å²) < 4.78 is 44.0. The van der Waals surface area contributed by atoms with E-state index in [2.05, 4.69) is 38.7 Å². The number of allylic oxidation sites excluding steroid dienone is 2. The van der Waals surface area contributed by atoms with Gasteiger partial charge in [-0.05, 0) is 50.3 Å². The molecule has 0 amide bonds. The number of carboxylic acids is 1. The van der Waals surface area contributed by atoms with Crippen LogP contribution in [-0.2, 0) is 15.8 Å². The zero-order valence-corrected chi connectivity index (χ0v) is 23.4. The third kappa shape index (κ3) is 8.59. The zero-order valence-electron chi connectivity index (χ0n) is 23.4. The van der Waals surface area contributed by atoms with E-state index in [-0.39, 0.29) is 24.0 Å². The van der Waals surface area contributed by atoms with E-state index in [4.69, 9.17) is 9.53 Å². The van der Waals surface area contributed by atoms with Crippen molar-refractivity contribution >= 4 is 31.0 Å². The molecule has 0 atom stereocenters. The number of hydrogen-bond donors (Lipinski definition) is 2. The lowest BCUT2D eigenvalue weighted by Gasteiger charge is -2.22. The molecule has 2 aromatic heterocycles. The maximum atomic E-state index is 12.5.